The topological polar surface area (TPSA) is 90.9 Å². The van der Waals surface area contributed by atoms with Gasteiger partial charge in [0.1, 0.15) is 5.75 Å². The molecule has 1 N–H and O–H groups in total. The third-order valence-corrected chi connectivity index (χ3v) is 4.63. The van der Waals surface area contributed by atoms with Gasteiger partial charge in [0.15, 0.2) is 13.2 Å². The molecular formula is C23H25NO6. The molecule has 0 atom stereocenters. The van der Waals surface area contributed by atoms with Crippen LogP contribution in [0.1, 0.15) is 41.3 Å². The van der Waals surface area contributed by atoms with Crippen molar-refractivity contribution in [1.82, 2.24) is 0 Å². The fourth-order valence-electron chi connectivity index (χ4n) is 3.13. The monoisotopic (exact) mass is 411 g/mol. The first-order valence-corrected chi connectivity index (χ1v) is 10.0. The number of nitrogens with one attached hydrogen (secondary N) is 1. The van der Waals surface area contributed by atoms with E-state index in [1.165, 1.54) is 11.1 Å². The molecule has 1 amide bonds. The Hall–Kier alpha value is -3.35. The molecule has 0 aliphatic heterocycles. The molecular weight excluding hydrogens is 386 g/mol. The quantitative estimate of drug-likeness (QED) is 0.637. The van der Waals surface area contributed by atoms with Crippen molar-refractivity contribution >= 4 is 23.5 Å². The number of ether oxygens (including phenoxy) is 3. The van der Waals surface area contributed by atoms with E-state index in [1.54, 1.807) is 24.3 Å². The molecule has 0 radical (unpaired) electrons. The highest BCUT2D eigenvalue weighted by Gasteiger charge is 2.13. The fourth-order valence-corrected chi connectivity index (χ4v) is 3.13. The Morgan fingerprint density at radius 3 is 2.47 bits per heavy atom. The lowest BCUT2D eigenvalue weighted by molar-refractivity contribution is -0.149. The Balaban J connectivity index is 1.38. The number of rotatable bonds is 9. The Kier molecular flexibility index (Phi) is 7.43. The van der Waals surface area contributed by atoms with Gasteiger partial charge < -0.3 is 19.5 Å². The average molecular weight is 411 g/mol. The molecule has 7 nitrogen and oxygen atoms in total. The van der Waals surface area contributed by atoms with Crippen molar-refractivity contribution in [3.8, 4) is 5.75 Å². The van der Waals surface area contributed by atoms with Crippen LogP contribution in [0.15, 0.2) is 42.5 Å². The van der Waals surface area contributed by atoms with E-state index in [4.69, 9.17) is 14.2 Å². The van der Waals surface area contributed by atoms with E-state index in [-0.39, 0.29) is 6.61 Å². The van der Waals surface area contributed by atoms with E-state index < -0.39 is 24.5 Å². The molecule has 0 aromatic heterocycles. The molecule has 0 saturated carbocycles. The maximum absolute atomic E-state index is 12.0. The SMILES string of the molecule is CCCOC(=O)c1ccc(NC(=O)COC(=O)COc2ccc3c(c2)CCC3)cc1. The third kappa shape index (κ3) is 6.07. The zero-order valence-corrected chi connectivity index (χ0v) is 16.9. The lowest BCUT2D eigenvalue weighted by Crippen LogP contribution is -2.23. The summed E-state index contributed by atoms with van der Waals surface area (Å²) in [6.45, 7) is 1.59. The second-order valence-corrected chi connectivity index (χ2v) is 6.99. The van der Waals surface area contributed by atoms with E-state index in [9.17, 15) is 14.4 Å². The Morgan fingerprint density at radius 2 is 1.70 bits per heavy atom. The first kappa shape index (κ1) is 21.4. The van der Waals surface area contributed by atoms with Crippen molar-refractivity contribution in [2.75, 3.05) is 25.1 Å². The number of hydrogen-bond donors (Lipinski definition) is 1. The minimum Gasteiger partial charge on any atom is -0.482 e. The van der Waals surface area contributed by atoms with Gasteiger partial charge in [-0.2, -0.15) is 0 Å². The van der Waals surface area contributed by atoms with Gasteiger partial charge in [-0.25, -0.2) is 9.59 Å². The Labute approximate surface area is 175 Å². The van der Waals surface area contributed by atoms with Crippen LogP contribution in [-0.2, 0) is 31.9 Å². The normalized spacial score (nSPS) is 12.0. The Bertz CT molecular complexity index is 906. The van der Waals surface area contributed by atoms with Crippen LogP contribution in [0.4, 0.5) is 5.69 Å². The van der Waals surface area contributed by atoms with Crippen LogP contribution in [0.5, 0.6) is 5.75 Å². The largest absolute Gasteiger partial charge is 0.482 e. The predicted octanol–water partition coefficient (Wildman–Crippen LogP) is 3.30. The van der Waals surface area contributed by atoms with Gasteiger partial charge in [-0.15, -0.1) is 0 Å². The number of aryl methyl sites for hydroxylation is 2. The molecule has 0 fully saturated rings. The molecule has 7 heteroatoms. The summed E-state index contributed by atoms with van der Waals surface area (Å²) in [4.78, 5) is 35.5. The molecule has 0 spiro atoms. The summed E-state index contributed by atoms with van der Waals surface area (Å²) < 4.78 is 15.4. The summed E-state index contributed by atoms with van der Waals surface area (Å²) in [5.41, 5.74) is 3.46. The molecule has 30 heavy (non-hydrogen) atoms. The number of fused-ring (bicyclic) bond motifs is 1. The first-order valence-electron chi connectivity index (χ1n) is 10.0. The first-order chi connectivity index (χ1) is 14.5. The summed E-state index contributed by atoms with van der Waals surface area (Å²) in [6, 6.07) is 12.1. The Morgan fingerprint density at radius 1 is 0.933 bits per heavy atom. The smallest absolute Gasteiger partial charge is 0.344 e. The zero-order chi connectivity index (χ0) is 21.3. The van der Waals surface area contributed by atoms with Gasteiger partial charge in [0.25, 0.3) is 5.91 Å². The summed E-state index contributed by atoms with van der Waals surface area (Å²) >= 11 is 0. The van der Waals surface area contributed by atoms with Crippen molar-refractivity contribution in [1.29, 1.82) is 0 Å². The summed E-state index contributed by atoms with van der Waals surface area (Å²) in [6.07, 6.45) is 4.00. The maximum atomic E-state index is 12.0. The van der Waals surface area contributed by atoms with Crippen LogP contribution in [0, 0.1) is 0 Å². The number of benzene rings is 2. The predicted molar refractivity (Wildman–Crippen MR) is 111 cm³/mol. The van der Waals surface area contributed by atoms with Crippen molar-refractivity contribution < 1.29 is 28.6 Å². The van der Waals surface area contributed by atoms with E-state index in [1.807, 2.05) is 25.1 Å². The number of anilines is 1. The van der Waals surface area contributed by atoms with Crippen LogP contribution in [0.25, 0.3) is 0 Å². The number of carbonyl (C=O) groups excluding carboxylic acids is 3. The summed E-state index contributed by atoms with van der Waals surface area (Å²) in [7, 11) is 0. The lowest BCUT2D eigenvalue weighted by Gasteiger charge is -2.09. The standard InChI is InChI=1S/C23H25NO6/c1-2-12-28-23(27)17-6-9-19(10-7-17)24-21(25)14-30-22(26)15-29-20-11-8-16-4-3-5-18(16)13-20/h6-11,13H,2-5,12,14-15H2,1H3,(H,24,25). The number of carbonyl (C=O) groups is 3. The van der Waals surface area contributed by atoms with Crippen LogP contribution in [0.2, 0.25) is 0 Å². The number of hydrogen-bond acceptors (Lipinski definition) is 6. The molecule has 3 rings (SSSR count). The van der Waals surface area contributed by atoms with E-state index in [0.29, 0.717) is 23.6 Å². The second kappa shape index (κ2) is 10.4. The summed E-state index contributed by atoms with van der Waals surface area (Å²) in [5, 5.41) is 2.60. The van der Waals surface area contributed by atoms with E-state index in [2.05, 4.69) is 5.32 Å². The molecule has 0 unspecified atom stereocenters. The van der Waals surface area contributed by atoms with Gasteiger partial charge in [-0.3, -0.25) is 4.79 Å². The van der Waals surface area contributed by atoms with Crippen LogP contribution < -0.4 is 10.1 Å². The lowest BCUT2D eigenvalue weighted by atomic mass is 10.1. The van der Waals surface area contributed by atoms with Gasteiger partial charge in [0.2, 0.25) is 0 Å². The minimum atomic E-state index is -0.625. The summed E-state index contributed by atoms with van der Waals surface area (Å²) in [5.74, 6) is -0.900. The van der Waals surface area contributed by atoms with Crippen LogP contribution in [-0.4, -0.2) is 37.7 Å². The van der Waals surface area contributed by atoms with Gasteiger partial charge in [0, 0.05) is 5.69 Å². The van der Waals surface area contributed by atoms with E-state index >= 15 is 0 Å². The second-order valence-electron chi connectivity index (χ2n) is 6.99. The number of esters is 2. The molecule has 2 aromatic rings. The number of amides is 1. The highest BCUT2D eigenvalue weighted by atomic mass is 16.6. The molecule has 2 aromatic carbocycles. The fraction of sp³-hybridized carbons (Fsp3) is 0.348. The van der Waals surface area contributed by atoms with Crippen molar-refractivity contribution in [3.63, 3.8) is 0 Å². The minimum absolute atomic E-state index is 0.263. The molecule has 1 aliphatic carbocycles. The van der Waals surface area contributed by atoms with Crippen molar-refractivity contribution in [2.24, 2.45) is 0 Å². The van der Waals surface area contributed by atoms with Gasteiger partial charge in [-0.05, 0) is 73.2 Å². The van der Waals surface area contributed by atoms with Gasteiger partial charge in [-0.1, -0.05) is 13.0 Å². The average Bonchev–Trinajstić information content (AvgIpc) is 3.23. The van der Waals surface area contributed by atoms with Crippen LogP contribution in [0.3, 0.4) is 0 Å². The van der Waals surface area contributed by atoms with Crippen LogP contribution >= 0.6 is 0 Å². The molecule has 0 bridgehead atoms. The molecule has 0 saturated heterocycles. The molecule has 158 valence electrons. The molecule has 0 heterocycles. The van der Waals surface area contributed by atoms with Gasteiger partial charge >= 0.3 is 11.9 Å². The third-order valence-electron chi connectivity index (χ3n) is 4.63. The maximum Gasteiger partial charge on any atom is 0.344 e. The highest BCUT2D eigenvalue weighted by Crippen LogP contribution is 2.25. The van der Waals surface area contributed by atoms with Crippen molar-refractivity contribution in [2.45, 2.75) is 32.6 Å². The highest BCUT2D eigenvalue weighted by molar-refractivity contribution is 5.94. The zero-order valence-electron chi connectivity index (χ0n) is 16.9. The molecule has 1 aliphatic rings. The van der Waals surface area contributed by atoms with E-state index in [0.717, 1.165) is 25.7 Å². The van der Waals surface area contributed by atoms with Crippen molar-refractivity contribution in [3.05, 3.63) is 59.2 Å². The van der Waals surface area contributed by atoms with Gasteiger partial charge in [0.05, 0.1) is 12.2 Å².